The van der Waals surface area contributed by atoms with Gasteiger partial charge in [0.2, 0.25) is 0 Å². The monoisotopic (exact) mass is 259 g/mol. The van der Waals surface area contributed by atoms with Crippen LogP contribution in [-0.4, -0.2) is 46.3 Å². The van der Waals surface area contributed by atoms with Crippen LogP contribution in [0.2, 0.25) is 0 Å². The van der Waals surface area contributed by atoms with Gasteiger partial charge in [-0.2, -0.15) is 10.2 Å². The second-order valence-corrected chi connectivity index (χ2v) is 5.08. The van der Waals surface area contributed by atoms with Crippen LogP contribution in [0.4, 0.5) is 0 Å². The summed E-state index contributed by atoms with van der Waals surface area (Å²) in [6.07, 6.45) is 7.16. The Morgan fingerprint density at radius 1 is 1.53 bits per heavy atom. The van der Waals surface area contributed by atoms with Crippen molar-refractivity contribution in [3.05, 3.63) is 36.7 Å². The third-order valence-electron chi connectivity index (χ3n) is 4.01. The maximum absolute atomic E-state index is 12.4. The van der Waals surface area contributed by atoms with E-state index < -0.39 is 0 Å². The first-order chi connectivity index (χ1) is 9.31. The number of carbonyl (C=O) groups excluding carboxylic acids is 1. The van der Waals surface area contributed by atoms with Gasteiger partial charge in [-0.3, -0.25) is 4.79 Å². The fraction of sp³-hybridized carbons (Fsp3) is 0.500. The van der Waals surface area contributed by atoms with Crippen molar-refractivity contribution >= 4 is 5.91 Å². The van der Waals surface area contributed by atoms with Crippen LogP contribution in [0, 0.1) is 5.92 Å². The van der Waals surface area contributed by atoms with E-state index in [1.165, 1.54) is 6.20 Å². The van der Waals surface area contributed by atoms with Gasteiger partial charge < -0.3 is 9.64 Å². The van der Waals surface area contributed by atoms with Gasteiger partial charge in [0.25, 0.3) is 5.91 Å². The zero-order chi connectivity index (χ0) is 13.2. The van der Waals surface area contributed by atoms with Crippen molar-refractivity contribution in [1.29, 1.82) is 0 Å². The summed E-state index contributed by atoms with van der Waals surface area (Å²) in [5.41, 5.74) is 0.602. The van der Waals surface area contributed by atoms with Crippen molar-refractivity contribution in [3.63, 3.8) is 0 Å². The number of fused-ring (bicyclic) bond motifs is 2. The summed E-state index contributed by atoms with van der Waals surface area (Å²) in [6, 6.07) is 1.91. The lowest BCUT2D eigenvalue weighted by molar-refractivity contribution is 0.0408. The lowest BCUT2D eigenvalue weighted by Gasteiger charge is -2.27. The van der Waals surface area contributed by atoms with Crippen LogP contribution in [0.25, 0.3) is 0 Å². The first-order valence-electron chi connectivity index (χ1n) is 6.61. The molecule has 2 aliphatic rings. The molecule has 0 radical (unpaired) electrons. The molecule has 0 N–H and O–H groups in total. The maximum atomic E-state index is 12.4. The molecule has 2 fully saturated rings. The topological polar surface area (TPSA) is 55.3 Å². The van der Waals surface area contributed by atoms with Crippen LogP contribution in [0.15, 0.2) is 31.1 Å². The molecule has 1 saturated heterocycles. The zero-order valence-corrected chi connectivity index (χ0v) is 10.7. The molecule has 0 aromatic carbocycles. The molecule has 19 heavy (non-hydrogen) atoms. The van der Waals surface area contributed by atoms with E-state index in [2.05, 4.69) is 16.8 Å². The van der Waals surface area contributed by atoms with Crippen molar-refractivity contribution < 1.29 is 9.53 Å². The van der Waals surface area contributed by atoms with Gasteiger partial charge in [0.05, 0.1) is 36.7 Å². The van der Waals surface area contributed by atoms with E-state index in [0.29, 0.717) is 18.1 Å². The van der Waals surface area contributed by atoms with Crippen molar-refractivity contribution in [1.82, 2.24) is 15.1 Å². The molecule has 100 valence electrons. The fourth-order valence-electron chi connectivity index (χ4n) is 3.19. The normalized spacial score (nSPS) is 28.6. The minimum Gasteiger partial charge on any atom is -0.372 e. The first kappa shape index (κ1) is 12.3. The van der Waals surface area contributed by atoms with Gasteiger partial charge in [-0.25, -0.2) is 0 Å². The zero-order valence-electron chi connectivity index (χ0n) is 10.7. The van der Waals surface area contributed by atoms with Crippen LogP contribution in [0.1, 0.15) is 23.2 Å². The molecule has 1 aromatic heterocycles. The Bertz CT molecular complexity index is 477. The molecule has 5 nitrogen and oxygen atoms in total. The highest BCUT2D eigenvalue weighted by atomic mass is 16.5. The molecule has 3 rings (SSSR count). The van der Waals surface area contributed by atoms with Crippen molar-refractivity contribution in [2.24, 2.45) is 5.92 Å². The first-order valence-corrected chi connectivity index (χ1v) is 6.61. The standard InChI is InChI=1S/C14H17N3O2/c1-2-7-19-13-11-3-4-12(13)17(9-11)14(18)10-5-6-15-16-8-10/h2,5-6,8,11-13H,1,3-4,7,9H2/t11-,12+,13-/m0/s1. The van der Waals surface area contributed by atoms with E-state index in [1.54, 1.807) is 18.3 Å². The summed E-state index contributed by atoms with van der Waals surface area (Å²) in [5.74, 6) is 0.498. The van der Waals surface area contributed by atoms with E-state index >= 15 is 0 Å². The Morgan fingerprint density at radius 3 is 3.16 bits per heavy atom. The molecule has 1 aliphatic carbocycles. The second-order valence-electron chi connectivity index (χ2n) is 5.08. The summed E-state index contributed by atoms with van der Waals surface area (Å²) in [4.78, 5) is 14.4. The minimum atomic E-state index is 0.0364. The molecule has 0 spiro atoms. The fourth-order valence-corrected chi connectivity index (χ4v) is 3.19. The van der Waals surface area contributed by atoms with E-state index in [4.69, 9.17) is 4.74 Å². The number of aromatic nitrogens is 2. The van der Waals surface area contributed by atoms with Gasteiger partial charge in [0.15, 0.2) is 0 Å². The highest BCUT2D eigenvalue weighted by Crippen LogP contribution is 2.40. The maximum Gasteiger partial charge on any atom is 0.255 e. The number of ether oxygens (including phenoxy) is 1. The van der Waals surface area contributed by atoms with E-state index in [1.807, 2.05) is 4.90 Å². The van der Waals surface area contributed by atoms with E-state index in [9.17, 15) is 4.79 Å². The van der Waals surface area contributed by atoms with Gasteiger partial charge >= 0.3 is 0 Å². The molecular weight excluding hydrogens is 242 g/mol. The van der Waals surface area contributed by atoms with E-state index in [-0.39, 0.29) is 18.1 Å². The average Bonchev–Trinajstić information content (AvgIpc) is 3.02. The summed E-state index contributed by atoms with van der Waals surface area (Å²) in [7, 11) is 0. The molecule has 1 aromatic rings. The van der Waals surface area contributed by atoms with Crippen molar-refractivity contribution in [3.8, 4) is 0 Å². The Kier molecular flexibility index (Phi) is 3.29. The molecule has 1 aliphatic heterocycles. The number of amides is 1. The number of likely N-dealkylation sites (tertiary alicyclic amines) is 1. The number of hydrogen-bond donors (Lipinski definition) is 0. The predicted molar refractivity (Wildman–Crippen MR) is 69.5 cm³/mol. The van der Waals surface area contributed by atoms with Gasteiger partial charge in [-0.05, 0) is 18.9 Å². The number of piperidine rings is 1. The van der Waals surface area contributed by atoms with Crippen LogP contribution >= 0.6 is 0 Å². The Labute approximate surface area is 112 Å². The molecule has 5 heteroatoms. The Hall–Kier alpha value is -1.75. The highest BCUT2D eigenvalue weighted by molar-refractivity contribution is 5.94. The summed E-state index contributed by atoms with van der Waals surface area (Å²) in [5, 5.41) is 7.47. The lowest BCUT2D eigenvalue weighted by Crippen LogP contribution is -2.40. The largest absolute Gasteiger partial charge is 0.372 e. The SMILES string of the molecule is C=CCO[C@H]1[C@H]2CC[C@H]1N(C(=O)c1ccnnc1)C2. The van der Waals surface area contributed by atoms with Crippen LogP contribution in [-0.2, 0) is 4.74 Å². The van der Waals surface area contributed by atoms with Gasteiger partial charge in [0, 0.05) is 12.5 Å². The Balaban J connectivity index is 1.74. The summed E-state index contributed by atoms with van der Waals surface area (Å²) in [6.45, 7) is 5.01. The summed E-state index contributed by atoms with van der Waals surface area (Å²) < 4.78 is 5.82. The molecule has 1 saturated carbocycles. The average molecular weight is 259 g/mol. The number of rotatable bonds is 4. The Morgan fingerprint density at radius 2 is 2.42 bits per heavy atom. The molecule has 2 heterocycles. The van der Waals surface area contributed by atoms with Gasteiger partial charge in [-0.1, -0.05) is 6.08 Å². The molecular formula is C14H17N3O2. The molecule has 1 amide bonds. The van der Waals surface area contributed by atoms with Crippen LogP contribution < -0.4 is 0 Å². The number of carbonyl (C=O) groups is 1. The predicted octanol–water partition coefficient (Wildman–Crippen LogP) is 1.28. The second kappa shape index (κ2) is 5.09. The van der Waals surface area contributed by atoms with Crippen LogP contribution in [0.3, 0.4) is 0 Å². The van der Waals surface area contributed by atoms with Crippen LogP contribution in [0.5, 0.6) is 0 Å². The number of hydrogen-bond acceptors (Lipinski definition) is 4. The van der Waals surface area contributed by atoms with E-state index in [0.717, 1.165) is 19.4 Å². The summed E-state index contributed by atoms with van der Waals surface area (Å²) >= 11 is 0. The third-order valence-corrected chi connectivity index (χ3v) is 4.01. The number of nitrogens with zero attached hydrogens (tertiary/aromatic N) is 3. The highest BCUT2D eigenvalue weighted by Gasteiger charge is 2.49. The smallest absolute Gasteiger partial charge is 0.255 e. The quantitative estimate of drug-likeness (QED) is 0.764. The molecule has 0 unspecified atom stereocenters. The molecule has 3 atom stereocenters. The van der Waals surface area contributed by atoms with Crippen molar-refractivity contribution in [2.75, 3.05) is 13.2 Å². The van der Waals surface area contributed by atoms with Gasteiger partial charge in [-0.15, -0.1) is 6.58 Å². The molecule has 2 bridgehead atoms. The van der Waals surface area contributed by atoms with Gasteiger partial charge in [0.1, 0.15) is 0 Å². The lowest BCUT2D eigenvalue weighted by atomic mass is 10.1. The third kappa shape index (κ3) is 2.14. The minimum absolute atomic E-state index is 0.0364. The van der Waals surface area contributed by atoms with Crippen molar-refractivity contribution in [2.45, 2.75) is 25.0 Å².